The highest BCUT2D eigenvalue weighted by Crippen LogP contribution is 2.28. The monoisotopic (exact) mass is 286 g/mol. The van der Waals surface area contributed by atoms with Gasteiger partial charge in [0.15, 0.2) is 5.69 Å². The minimum absolute atomic E-state index is 0.137. The van der Waals surface area contributed by atoms with E-state index in [9.17, 15) is 4.79 Å². The minimum atomic E-state index is -0.473. The molecule has 0 radical (unpaired) electrons. The highest BCUT2D eigenvalue weighted by molar-refractivity contribution is 6.04. The van der Waals surface area contributed by atoms with E-state index in [4.69, 9.17) is 15.7 Å². The Balaban J connectivity index is 2.25. The zero-order chi connectivity index (χ0) is 15.2. The molecule has 0 saturated heterocycles. The van der Waals surface area contributed by atoms with Gasteiger partial charge < -0.3 is 15.8 Å². The highest BCUT2D eigenvalue weighted by atomic mass is 16.5. The van der Waals surface area contributed by atoms with E-state index in [0.717, 1.165) is 0 Å². The van der Waals surface area contributed by atoms with E-state index < -0.39 is 5.91 Å². The number of nitrogens with zero attached hydrogens (tertiary/aromatic N) is 4. The summed E-state index contributed by atoms with van der Waals surface area (Å²) >= 11 is 0. The number of hydrogen-bond donors (Lipinski definition) is 2. The maximum atomic E-state index is 12.1. The van der Waals surface area contributed by atoms with Gasteiger partial charge in [0.25, 0.3) is 5.91 Å². The number of rotatable bonds is 5. The molecule has 1 aromatic heterocycles. The number of nitrogens with one attached hydrogen (secondary N) is 1. The molecular weight excluding hydrogens is 272 g/mol. The van der Waals surface area contributed by atoms with Crippen molar-refractivity contribution in [2.24, 2.45) is 5.73 Å². The molecule has 0 spiro atoms. The van der Waals surface area contributed by atoms with E-state index in [1.807, 2.05) is 6.07 Å². The molecular formula is C13H14N6O2. The number of carbonyl (C=O) groups is 1. The maximum absolute atomic E-state index is 12.1. The molecule has 21 heavy (non-hydrogen) atoms. The van der Waals surface area contributed by atoms with E-state index in [2.05, 4.69) is 15.6 Å². The van der Waals surface area contributed by atoms with Gasteiger partial charge in [0.05, 0.1) is 25.4 Å². The van der Waals surface area contributed by atoms with Crippen molar-refractivity contribution >= 4 is 11.6 Å². The third-order valence-electron chi connectivity index (χ3n) is 2.73. The molecule has 0 unspecified atom stereocenters. The van der Waals surface area contributed by atoms with Crippen molar-refractivity contribution in [1.29, 1.82) is 5.26 Å². The third kappa shape index (κ3) is 3.16. The van der Waals surface area contributed by atoms with E-state index in [1.165, 1.54) is 18.0 Å². The number of aromatic nitrogens is 3. The number of ether oxygens (including phenoxy) is 1. The normalized spacial score (nSPS) is 9.95. The lowest BCUT2D eigenvalue weighted by Crippen LogP contribution is -2.14. The van der Waals surface area contributed by atoms with Crippen LogP contribution in [0.15, 0.2) is 24.4 Å². The van der Waals surface area contributed by atoms with Crippen LogP contribution in [0.1, 0.15) is 16.1 Å². The molecule has 0 aliphatic rings. The van der Waals surface area contributed by atoms with Crippen molar-refractivity contribution in [2.75, 3.05) is 19.0 Å². The van der Waals surface area contributed by atoms with Gasteiger partial charge in [-0.1, -0.05) is 11.3 Å². The van der Waals surface area contributed by atoms with Crippen LogP contribution < -0.4 is 15.8 Å². The van der Waals surface area contributed by atoms with Gasteiger partial charge in [0, 0.05) is 6.54 Å². The smallest absolute Gasteiger partial charge is 0.277 e. The Morgan fingerprint density at radius 3 is 3.05 bits per heavy atom. The van der Waals surface area contributed by atoms with Crippen molar-refractivity contribution in [3.63, 3.8) is 0 Å². The Morgan fingerprint density at radius 1 is 1.57 bits per heavy atom. The molecule has 8 heteroatoms. The van der Waals surface area contributed by atoms with Gasteiger partial charge in [-0.25, -0.2) is 0 Å². The van der Waals surface area contributed by atoms with Crippen LogP contribution in [0.4, 0.5) is 5.69 Å². The number of anilines is 1. The number of nitrogens with two attached hydrogens (primary N) is 1. The standard InChI is InChI=1S/C13H14N6O2/c1-21-11-4-2-3-9(7-15)12(11)16-13(20)10-8-19(6-5-14)18-17-10/h2-4,8H,5-6,14H2,1H3,(H,16,20). The number of hydrogen-bond acceptors (Lipinski definition) is 6. The number of amides is 1. The van der Waals surface area contributed by atoms with Gasteiger partial charge in [-0.15, -0.1) is 5.10 Å². The Morgan fingerprint density at radius 2 is 2.38 bits per heavy atom. The Hall–Kier alpha value is -2.92. The molecule has 0 bridgehead atoms. The fourth-order valence-corrected chi connectivity index (χ4v) is 1.74. The maximum Gasteiger partial charge on any atom is 0.277 e. The molecule has 3 N–H and O–H groups in total. The van der Waals surface area contributed by atoms with Crippen LogP contribution >= 0.6 is 0 Å². The molecule has 1 aromatic carbocycles. The fraction of sp³-hybridized carbons (Fsp3) is 0.231. The Kier molecular flexibility index (Phi) is 4.48. The Labute approximate surface area is 121 Å². The summed E-state index contributed by atoms with van der Waals surface area (Å²) in [5, 5.41) is 19.3. The molecule has 0 saturated carbocycles. The van der Waals surface area contributed by atoms with Gasteiger partial charge >= 0.3 is 0 Å². The summed E-state index contributed by atoms with van der Waals surface area (Å²) < 4.78 is 6.62. The van der Waals surface area contributed by atoms with Crippen molar-refractivity contribution in [3.8, 4) is 11.8 Å². The van der Waals surface area contributed by atoms with Crippen LogP contribution in [0.25, 0.3) is 0 Å². The van der Waals surface area contributed by atoms with Crippen molar-refractivity contribution in [3.05, 3.63) is 35.7 Å². The van der Waals surface area contributed by atoms with Gasteiger partial charge in [-0.2, -0.15) is 5.26 Å². The molecule has 0 atom stereocenters. The molecule has 108 valence electrons. The van der Waals surface area contributed by atoms with Gasteiger partial charge in [0.2, 0.25) is 0 Å². The number of carbonyl (C=O) groups excluding carboxylic acids is 1. The van der Waals surface area contributed by atoms with Gasteiger partial charge in [-0.05, 0) is 12.1 Å². The number of benzene rings is 1. The predicted molar refractivity (Wildman–Crippen MR) is 74.7 cm³/mol. The molecule has 8 nitrogen and oxygen atoms in total. The van der Waals surface area contributed by atoms with Gasteiger partial charge in [0.1, 0.15) is 17.5 Å². The molecule has 2 aromatic rings. The summed E-state index contributed by atoms with van der Waals surface area (Å²) in [5.41, 5.74) is 6.15. The zero-order valence-corrected chi connectivity index (χ0v) is 11.4. The molecule has 0 aliphatic carbocycles. The number of methoxy groups -OCH3 is 1. The fourth-order valence-electron chi connectivity index (χ4n) is 1.74. The van der Waals surface area contributed by atoms with Crippen molar-refractivity contribution in [1.82, 2.24) is 15.0 Å². The second-order valence-corrected chi connectivity index (χ2v) is 4.10. The predicted octanol–water partition coefficient (Wildman–Crippen LogP) is 0.369. The van der Waals surface area contributed by atoms with E-state index in [0.29, 0.717) is 30.1 Å². The molecule has 1 heterocycles. The molecule has 2 rings (SSSR count). The van der Waals surface area contributed by atoms with Crippen LogP contribution in [-0.4, -0.2) is 34.6 Å². The number of nitriles is 1. The first-order valence-corrected chi connectivity index (χ1v) is 6.18. The third-order valence-corrected chi connectivity index (χ3v) is 2.73. The van der Waals surface area contributed by atoms with E-state index in [-0.39, 0.29) is 5.69 Å². The summed E-state index contributed by atoms with van der Waals surface area (Å²) in [6.45, 7) is 0.869. The second-order valence-electron chi connectivity index (χ2n) is 4.10. The lowest BCUT2D eigenvalue weighted by molar-refractivity contribution is 0.102. The zero-order valence-electron chi connectivity index (χ0n) is 11.4. The van der Waals surface area contributed by atoms with Crippen LogP contribution in [0.5, 0.6) is 5.75 Å². The van der Waals surface area contributed by atoms with Gasteiger partial charge in [-0.3, -0.25) is 9.48 Å². The largest absolute Gasteiger partial charge is 0.495 e. The minimum Gasteiger partial charge on any atom is -0.495 e. The summed E-state index contributed by atoms with van der Waals surface area (Å²) in [6, 6.07) is 6.91. The van der Waals surface area contributed by atoms with Crippen molar-refractivity contribution in [2.45, 2.75) is 6.54 Å². The summed E-state index contributed by atoms with van der Waals surface area (Å²) in [5.74, 6) is -0.0731. The quantitative estimate of drug-likeness (QED) is 0.819. The van der Waals surface area contributed by atoms with E-state index >= 15 is 0 Å². The van der Waals surface area contributed by atoms with Crippen LogP contribution in [-0.2, 0) is 6.54 Å². The second kappa shape index (κ2) is 6.49. The van der Waals surface area contributed by atoms with Crippen LogP contribution in [0, 0.1) is 11.3 Å². The lowest BCUT2D eigenvalue weighted by atomic mass is 10.1. The Bertz CT molecular complexity index is 688. The summed E-state index contributed by atoms with van der Waals surface area (Å²) in [6.07, 6.45) is 1.49. The molecule has 1 amide bonds. The number of para-hydroxylation sites is 1. The average molecular weight is 286 g/mol. The SMILES string of the molecule is COc1cccc(C#N)c1NC(=O)c1cn(CCN)nn1. The summed E-state index contributed by atoms with van der Waals surface area (Å²) in [7, 11) is 1.46. The van der Waals surface area contributed by atoms with Crippen LogP contribution in [0.3, 0.4) is 0 Å². The first-order chi connectivity index (χ1) is 10.2. The lowest BCUT2D eigenvalue weighted by Gasteiger charge is -2.10. The van der Waals surface area contributed by atoms with Crippen molar-refractivity contribution < 1.29 is 9.53 Å². The summed E-state index contributed by atoms with van der Waals surface area (Å²) in [4.78, 5) is 12.1. The highest BCUT2D eigenvalue weighted by Gasteiger charge is 2.16. The molecule has 0 fully saturated rings. The first kappa shape index (κ1) is 14.5. The van der Waals surface area contributed by atoms with E-state index in [1.54, 1.807) is 18.2 Å². The molecule has 0 aliphatic heterocycles. The topological polar surface area (TPSA) is 119 Å². The first-order valence-electron chi connectivity index (χ1n) is 6.18. The average Bonchev–Trinajstić information content (AvgIpc) is 2.96. The van der Waals surface area contributed by atoms with Crippen LogP contribution in [0.2, 0.25) is 0 Å².